The highest BCUT2D eigenvalue weighted by molar-refractivity contribution is 5.07. The van der Waals surface area contributed by atoms with Gasteiger partial charge in [-0.3, -0.25) is 0 Å². The number of ether oxygens (including phenoxy) is 1. The van der Waals surface area contributed by atoms with Crippen molar-refractivity contribution in [1.29, 1.82) is 5.26 Å². The van der Waals surface area contributed by atoms with Gasteiger partial charge >= 0.3 is 0 Å². The minimum absolute atomic E-state index is 0.215. The maximum atomic E-state index is 8.79. The highest BCUT2D eigenvalue weighted by Gasteiger charge is 1.95. The second-order valence-electron chi connectivity index (χ2n) is 2.39. The highest BCUT2D eigenvalue weighted by Crippen LogP contribution is 1.90. The Balaban J connectivity index is 3.55. The van der Waals surface area contributed by atoms with Crippen LogP contribution in [0.25, 0.3) is 0 Å². The fourth-order valence-electron chi connectivity index (χ4n) is 0.561. The molecule has 0 rings (SSSR count). The van der Waals surface area contributed by atoms with Crippen LogP contribution in [0.1, 0.15) is 20.3 Å². The number of hydrogen-bond acceptors (Lipinski definition) is 3. The van der Waals surface area contributed by atoms with E-state index in [1.54, 1.807) is 13.8 Å². The smallest absolute Gasteiger partial charge is 0.115 e. The number of hydrogen-bond donors (Lipinski definition) is 1. The third-order valence-corrected chi connectivity index (χ3v) is 1.08. The van der Waals surface area contributed by atoms with Crippen molar-refractivity contribution in [1.82, 2.24) is 0 Å². The Morgan fingerprint density at radius 3 is 2.58 bits per heavy atom. The van der Waals surface area contributed by atoms with Crippen LogP contribution in [0.15, 0.2) is 0 Å². The zero-order valence-corrected chi connectivity index (χ0v) is 7.37. The summed E-state index contributed by atoms with van der Waals surface area (Å²) >= 11 is 0. The molecule has 0 aromatic carbocycles. The van der Waals surface area contributed by atoms with Crippen LogP contribution in [0.2, 0.25) is 0 Å². The highest BCUT2D eigenvalue weighted by atomic mass is 16.5. The van der Waals surface area contributed by atoms with Crippen molar-refractivity contribution in [3.05, 3.63) is 0 Å². The molecular formula is C9H13NO2. The molecule has 1 N–H and O–H groups in total. The molecule has 0 bridgehead atoms. The standard InChI is InChI=1S/C9H13NO2/c1-8(11)4-5-9(2)12-7-3-6-10/h8-9,11H,3,7H2,1-2H3. The normalized spacial score (nSPS) is 13.8. The van der Waals surface area contributed by atoms with Crippen LogP contribution < -0.4 is 0 Å². The first kappa shape index (κ1) is 11.0. The average Bonchev–Trinajstić information content (AvgIpc) is 2.01. The summed E-state index contributed by atoms with van der Waals surface area (Å²) in [6.45, 7) is 3.77. The Bertz CT molecular complexity index is 207. The molecule has 0 saturated carbocycles. The minimum Gasteiger partial charge on any atom is -0.381 e. The number of nitrogens with zero attached hydrogens (tertiary/aromatic N) is 1. The lowest BCUT2D eigenvalue weighted by atomic mass is 10.3. The largest absolute Gasteiger partial charge is 0.381 e. The maximum absolute atomic E-state index is 8.79. The van der Waals surface area contributed by atoms with Crippen LogP contribution in [0.3, 0.4) is 0 Å². The van der Waals surface area contributed by atoms with Gasteiger partial charge in [0.05, 0.1) is 19.1 Å². The van der Waals surface area contributed by atoms with E-state index in [0.717, 1.165) is 0 Å². The molecule has 0 aliphatic heterocycles. The van der Waals surface area contributed by atoms with Crippen LogP contribution in [-0.4, -0.2) is 23.9 Å². The van der Waals surface area contributed by atoms with Gasteiger partial charge in [0.25, 0.3) is 0 Å². The second kappa shape index (κ2) is 6.67. The zero-order chi connectivity index (χ0) is 9.40. The first-order valence-corrected chi connectivity index (χ1v) is 3.84. The summed E-state index contributed by atoms with van der Waals surface area (Å²) < 4.78 is 5.13. The van der Waals surface area contributed by atoms with Gasteiger partial charge in [0.15, 0.2) is 0 Å². The maximum Gasteiger partial charge on any atom is 0.115 e. The Morgan fingerprint density at radius 2 is 2.08 bits per heavy atom. The van der Waals surface area contributed by atoms with Gasteiger partial charge in [-0.15, -0.1) is 0 Å². The summed E-state index contributed by atoms with van der Waals surface area (Å²) in [5.41, 5.74) is 0. The van der Waals surface area contributed by atoms with Crippen LogP contribution >= 0.6 is 0 Å². The molecule has 0 aliphatic carbocycles. The predicted octanol–water partition coefficient (Wildman–Crippen LogP) is 0.689. The van der Waals surface area contributed by atoms with E-state index in [1.807, 2.05) is 6.07 Å². The fraction of sp³-hybridized carbons (Fsp3) is 0.667. The number of nitriles is 1. The Labute approximate surface area is 73.0 Å². The lowest BCUT2D eigenvalue weighted by molar-refractivity contribution is 0.108. The summed E-state index contributed by atoms with van der Waals surface area (Å²) in [6.07, 6.45) is -0.458. The Kier molecular flexibility index (Phi) is 6.09. The van der Waals surface area contributed by atoms with E-state index in [2.05, 4.69) is 11.8 Å². The van der Waals surface area contributed by atoms with E-state index < -0.39 is 6.10 Å². The molecule has 2 unspecified atom stereocenters. The Hall–Kier alpha value is -1.03. The van der Waals surface area contributed by atoms with Crippen LogP contribution in [0.5, 0.6) is 0 Å². The molecule has 0 saturated heterocycles. The summed E-state index contributed by atoms with van der Waals surface area (Å²) in [5.74, 6) is 5.28. The van der Waals surface area contributed by atoms with E-state index in [0.29, 0.717) is 13.0 Å². The second-order valence-corrected chi connectivity index (χ2v) is 2.39. The van der Waals surface area contributed by atoms with Gasteiger partial charge in [0.2, 0.25) is 0 Å². The van der Waals surface area contributed by atoms with Gasteiger partial charge in [-0.2, -0.15) is 5.26 Å². The van der Waals surface area contributed by atoms with Crippen molar-refractivity contribution in [2.45, 2.75) is 32.5 Å². The van der Waals surface area contributed by atoms with Gasteiger partial charge in [-0.05, 0) is 13.8 Å². The molecule has 66 valence electrons. The lowest BCUT2D eigenvalue weighted by Crippen LogP contribution is -2.07. The molecular weight excluding hydrogens is 154 g/mol. The third-order valence-electron chi connectivity index (χ3n) is 1.08. The quantitative estimate of drug-likeness (QED) is 0.497. The van der Waals surface area contributed by atoms with Crippen molar-refractivity contribution >= 4 is 0 Å². The minimum atomic E-state index is -0.619. The summed E-state index contributed by atoms with van der Waals surface area (Å²) in [6, 6.07) is 1.97. The third kappa shape index (κ3) is 7.08. The Morgan fingerprint density at radius 1 is 1.42 bits per heavy atom. The molecule has 0 radical (unpaired) electrons. The number of aliphatic hydroxyl groups excluding tert-OH is 1. The molecule has 0 aliphatic rings. The van der Waals surface area contributed by atoms with Gasteiger partial charge in [0.1, 0.15) is 12.2 Å². The summed E-state index contributed by atoms with van der Waals surface area (Å²) in [4.78, 5) is 0. The SMILES string of the molecule is CC(O)C#CC(C)OCCC#N. The molecule has 0 amide bonds. The van der Waals surface area contributed by atoms with E-state index in [-0.39, 0.29) is 6.10 Å². The van der Waals surface area contributed by atoms with Crippen molar-refractivity contribution < 1.29 is 9.84 Å². The number of rotatable bonds is 3. The van der Waals surface area contributed by atoms with Gasteiger partial charge in [0, 0.05) is 0 Å². The van der Waals surface area contributed by atoms with Gasteiger partial charge in [-0.25, -0.2) is 0 Å². The first-order valence-electron chi connectivity index (χ1n) is 3.84. The van der Waals surface area contributed by atoms with Crippen molar-refractivity contribution in [3.63, 3.8) is 0 Å². The van der Waals surface area contributed by atoms with Crippen molar-refractivity contribution in [3.8, 4) is 17.9 Å². The van der Waals surface area contributed by atoms with Crippen molar-refractivity contribution in [2.24, 2.45) is 0 Å². The molecule has 3 heteroatoms. The summed E-state index contributed by atoms with van der Waals surface area (Å²) in [7, 11) is 0. The van der Waals surface area contributed by atoms with E-state index in [4.69, 9.17) is 15.1 Å². The average molecular weight is 167 g/mol. The van der Waals surface area contributed by atoms with E-state index in [1.165, 1.54) is 0 Å². The molecule has 12 heavy (non-hydrogen) atoms. The number of aliphatic hydroxyl groups is 1. The lowest BCUT2D eigenvalue weighted by Gasteiger charge is -2.03. The van der Waals surface area contributed by atoms with Crippen molar-refractivity contribution in [2.75, 3.05) is 6.61 Å². The molecule has 0 heterocycles. The van der Waals surface area contributed by atoms with Crippen LogP contribution in [0, 0.1) is 23.2 Å². The first-order chi connectivity index (χ1) is 5.66. The van der Waals surface area contributed by atoms with E-state index >= 15 is 0 Å². The van der Waals surface area contributed by atoms with Crippen LogP contribution in [-0.2, 0) is 4.74 Å². The van der Waals surface area contributed by atoms with Gasteiger partial charge < -0.3 is 9.84 Å². The molecule has 0 aromatic rings. The predicted molar refractivity (Wildman–Crippen MR) is 45.1 cm³/mol. The van der Waals surface area contributed by atoms with Crippen LogP contribution in [0.4, 0.5) is 0 Å². The molecule has 0 fully saturated rings. The molecule has 0 aromatic heterocycles. The topological polar surface area (TPSA) is 53.2 Å². The zero-order valence-electron chi connectivity index (χ0n) is 7.37. The van der Waals surface area contributed by atoms with E-state index in [9.17, 15) is 0 Å². The molecule has 2 atom stereocenters. The summed E-state index contributed by atoms with van der Waals surface area (Å²) in [5, 5.41) is 17.0. The molecule has 3 nitrogen and oxygen atoms in total. The molecule has 0 spiro atoms. The monoisotopic (exact) mass is 167 g/mol. The fourth-order valence-corrected chi connectivity index (χ4v) is 0.561. The van der Waals surface area contributed by atoms with Gasteiger partial charge in [-0.1, -0.05) is 11.8 Å².